The van der Waals surface area contributed by atoms with Gasteiger partial charge in [0.05, 0.1) is 5.51 Å². The first kappa shape index (κ1) is 4.34. The van der Waals surface area contributed by atoms with Crippen LogP contribution in [-0.4, -0.2) is 14.6 Å². The third-order valence-electron chi connectivity index (χ3n) is 0.777. The van der Waals surface area contributed by atoms with E-state index >= 15 is 0 Å². The maximum absolute atomic E-state index is 3.93. The average molecular weight is 143 g/mol. The standard InChI is InChI=1S/C3HN3S2/c1-4-2-3(7-1)8-6-5-2/h1H. The zero-order chi connectivity index (χ0) is 5.40. The van der Waals surface area contributed by atoms with Crippen molar-refractivity contribution in [2.24, 2.45) is 0 Å². The molecule has 0 unspecified atom stereocenters. The zero-order valence-corrected chi connectivity index (χ0v) is 5.37. The zero-order valence-electron chi connectivity index (χ0n) is 3.74. The Hall–Kier alpha value is -0.550. The lowest BCUT2D eigenvalue weighted by Gasteiger charge is -1.57. The molecule has 0 aliphatic rings. The maximum Gasteiger partial charge on any atom is 0.205 e. The predicted octanol–water partition coefficient (Wildman–Crippen LogP) is 1.15. The molecule has 0 saturated heterocycles. The molecular weight excluding hydrogens is 142 g/mol. The Kier molecular flexibility index (Phi) is 0.793. The van der Waals surface area contributed by atoms with E-state index in [9.17, 15) is 0 Å². The second-order valence-electron chi connectivity index (χ2n) is 1.24. The lowest BCUT2D eigenvalue weighted by Crippen LogP contribution is -1.63. The van der Waals surface area contributed by atoms with Crippen molar-refractivity contribution in [2.45, 2.75) is 0 Å². The molecule has 0 atom stereocenters. The van der Waals surface area contributed by atoms with Crippen LogP contribution in [0.1, 0.15) is 0 Å². The summed E-state index contributed by atoms with van der Waals surface area (Å²) in [7, 11) is 0. The molecule has 5 heteroatoms. The smallest absolute Gasteiger partial charge is 0.205 e. The van der Waals surface area contributed by atoms with Crippen LogP contribution in [0.3, 0.4) is 0 Å². The van der Waals surface area contributed by atoms with Gasteiger partial charge in [0.2, 0.25) is 5.65 Å². The van der Waals surface area contributed by atoms with Gasteiger partial charge in [-0.25, -0.2) is 4.98 Å². The van der Waals surface area contributed by atoms with Crippen LogP contribution in [0.5, 0.6) is 0 Å². The normalized spacial score (nSPS) is 10.5. The highest BCUT2D eigenvalue weighted by atomic mass is 32.2. The van der Waals surface area contributed by atoms with Gasteiger partial charge in [0.25, 0.3) is 0 Å². The summed E-state index contributed by atoms with van der Waals surface area (Å²) in [4.78, 5) is 3.93. The second-order valence-corrected chi connectivity index (χ2v) is 3.10. The summed E-state index contributed by atoms with van der Waals surface area (Å²) >= 11 is 2.97. The third-order valence-corrected chi connectivity index (χ3v) is 2.41. The van der Waals surface area contributed by atoms with E-state index in [1.165, 1.54) is 11.5 Å². The van der Waals surface area contributed by atoms with Crippen LogP contribution in [0.4, 0.5) is 0 Å². The average Bonchev–Trinajstić information content (AvgIpc) is 2.15. The molecule has 0 amide bonds. The van der Waals surface area contributed by atoms with Gasteiger partial charge in [-0.05, 0) is 0 Å². The summed E-state index contributed by atoms with van der Waals surface area (Å²) in [5.41, 5.74) is 2.55. The summed E-state index contributed by atoms with van der Waals surface area (Å²) < 4.78 is 4.80. The number of hydrogen-bond acceptors (Lipinski definition) is 5. The minimum Gasteiger partial charge on any atom is -0.223 e. The molecule has 0 saturated carbocycles. The molecule has 0 aliphatic heterocycles. The second kappa shape index (κ2) is 1.46. The van der Waals surface area contributed by atoms with Crippen LogP contribution in [0.15, 0.2) is 5.51 Å². The first-order chi connectivity index (χ1) is 3.97. The van der Waals surface area contributed by atoms with Gasteiger partial charge >= 0.3 is 0 Å². The summed E-state index contributed by atoms with van der Waals surface area (Å²) in [6.45, 7) is 0. The molecular formula is C3HN3S2. The first-order valence-corrected chi connectivity index (χ1v) is 3.63. The molecule has 2 aromatic rings. The van der Waals surface area contributed by atoms with Crippen LogP contribution in [0.2, 0.25) is 0 Å². The Morgan fingerprint density at radius 2 is 2.50 bits per heavy atom. The molecule has 0 bridgehead atoms. The minimum atomic E-state index is 0.778. The number of aromatic nitrogens is 3. The lowest BCUT2D eigenvalue weighted by molar-refractivity contribution is 1.17. The molecule has 0 spiro atoms. The first-order valence-electron chi connectivity index (χ1n) is 1.98. The molecule has 0 aliphatic carbocycles. The fraction of sp³-hybridized carbons (Fsp3) is 0. The van der Waals surface area contributed by atoms with Gasteiger partial charge in [0.1, 0.15) is 4.01 Å². The monoisotopic (exact) mass is 143 g/mol. The quantitative estimate of drug-likeness (QED) is 0.555. The summed E-state index contributed by atoms with van der Waals surface area (Å²) in [6.07, 6.45) is 0. The molecule has 40 valence electrons. The van der Waals surface area contributed by atoms with E-state index in [4.69, 9.17) is 0 Å². The van der Waals surface area contributed by atoms with E-state index in [0.717, 1.165) is 9.66 Å². The molecule has 0 radical (unpaired) electrons. The molecule has 8 heavy (non-hydrogen) atoms. The fourth-order valence-corrected chi connectivity index (χ4v) is 1.67. The Morgan fingerprint density at radius 3 is 3.38 bits per heavy atom. The lowest BCUT2D eigenvalue weighted by atomic mass is 10.9. The Morgan fingerprint density at radius 1 is 1.50 bits per heavy atom. The van der Waals surface area contributed by atoms with Crippen molar-refractivity contribution in [1.29, 1.82) is 0 Å². The third kappa shape index (κ3) is 0.452. The van der Waals surface area contributed by atoms with Crippen molar-refractivity contribution in [3.05, 3.63) is 5.51 Å². The van der Waals surface area contributed by atoms with Crippen molar-refractivity contribution in [2.75, 3.05) is 0 Å². The van der Waals surface area contributed by atoms with Crippen molar-refractivity contribution >= 4 is 32.5 Å². The van der Waals surface area contributed by atoms with Crippen molar-refractivity contribution in [3.63, 3.8) is 0 Å². The highest BCUT2D eigenvalue weighted by molar-refractivity contribution is 7.34. The highest BCUT2D eigenvalue weighted by Crippen LogP contribution is 2.17. The van der Waals surface area contributed by atoms with E-state index in [-0.39, 0.29) is 0 Å². The largest absolute Gasteiger partial charge is 0.223 e. The van der Waals surface area contributed by atoms with Gasteiger partial charge in [-0.1, -0.05) is 4.49 Å². The molecule has 0 aromatic carbocycles. The molecule has 0 N–H and O–H groups in total. The Balaban J connectivity index is 3.06. The topological polar surface area (TPSA) is 38.7 Å². The maximum atomic E-state index is 3.93. The van der Waals surface area contributed by atoms with Gasteiger partial charge in [-0.15, -0.1) is 16.4 Å². The van der Waals surface area contributed by atoms with Gasteiger partial charge in [0, 0.05) is 11.5 Å². The van der Waals surface area contributed by atoms with E-state index in [2.05, 4.69) is 14.6 Å². The van der Waals surface area contributed by atoms with Crippen LogP contribution in [0.25, 0.3) is 9.66 Å². The summed E-state index contributed by atoms with van der Waals surface area (Å²) in [6, 6.07) is 0. The van der Waals surface area contributed by atoms with Gasteiger partial charge in [0.15, 0.2) is 0 Å². The number of thiazole rings is 1. The molecule has 3 nitrogen and oxygen atoms in total. The number of fused-ring (bicyclic) bond motifs is 1. The van der Waals surface area contributed by atoms with E-state index in [1.54, 1.807) is 16.8 Å². The van der Waals surface area contributed by atoms with Crippen LogP contribution >= 0.6 is 22.9 Å². The fourth-order valence-electron chi connectivity index (χ4n) is 0.455. The summed E-state index contributed by atoms with van der Waals surface area (Å²) in [5, 5.41) is 3.75. The summed E-state index contributed by atoms with van der Waals surface area (Å²) in [5.74, 6) is 0. The predicted molar refractivity (Wildman–Crippen MR) is 33.1 cm³/mol. The van der Waals surface area contributed by atoms with Gasteiger partial charge in [-0.3, -0.25) is 0 Å². The van der Waals surface area contributed by atoms with E-state index in [0.29, 0.717) is 0 Å². The van der Waals surface area contributed by atoms with Crippen molar-refractivity contribution in [3.8, 4) is 0 Å². The van der Waals surface area contributed by atoms with Crippen LogP contribution < -0.4 is 0 Å². The van der Waals surface area contributed by atoms with Crippen LogP contribution in [-0.2, 0) is 0 Å². The molecule has 0 fully saturated rings. The van der Waals surface area contributed by atoms with Crippen LogP contribution in [0, 0.1) is 0 Å². The molecule has 2 aromatic heterocycles. The van der Waals surface area contributed by atoms with Gasteiger partial charge < -0.3 is 0 Å². The Bertz CT molecular complexity index is 234. The van der Waals surface area contributed by atoms with E-state index < -0.39 is 0 Å². The Labute approximate surface area is 53.2 Å². The van der Waals surface area contributed by atoms with Crippen molar-refractivity contribution in [1.82, 2.24) is 14.6 Å². The molecule has 2 rings (SSSR count). The number of hydrogen-bond donors (Lipinski definition) is 0. The van der Waals surface area contributed by atoms with Gasteiger partial charge in [-0.2, -0.15) is 0 Å². The number of nitrogens with zero attached hydrogens (tertiary/aromatic N) is 3. The SMILES string of the molecule is c1nc2nnsc2s1. The number of rotatable bonds is 0. The highest BCUT2D eigenvalue weighted by Gasteiger charge is 1.96. The van der Waals surface area contributed by atoms with E-state index in [1.807, 2.05) is 0 Å². The minimum absolute atomic E-state index is 0.778. The van der Waals surface area contributed by atoms with Crippen molar-refractivity contribution < 1.29 is 0 Å². The molecule has 2 heterocycles.